The van der Waals surface area contributed by atoms with E-state index in [0.29, 0.717) is 6.42 Å². The van der Waals surface area contributed by atoms with Crippen molar-refractivity contribution in [3.8, 4) is 11.3 Å². The summed E-state index contributed by atoms with van der Waals surface area (Å²) in [4.78, 5) is 25.3. The van der Waals surface area contributed by atoms with Crippen LogP contribution in [-0.2, 0) is 19.3 Å². The third kappa shape index (κ3) is 2.89. The summed E-state index contributed by atoms with van der Waals surface area (Å²) in [5.74, 6) is 0.252. The van der Waals surface area contributed by atoms with Gasteiger partial charge in [0.25, 0.3) is 0 Å². The molecule has 4 nitrogen and oxygen atoms in total. The van der Waals surface area contributed by atoms with Crippen LogP contribution in [0.3, 0.4) is 0 Å². The Balaban J connectivity index is 1.63. The molecule has 3 aromatic rings. The predicted octanol–water partition coefficient (Wildman–Crippen LogP) is 5.08. The summed E-state index contributed by atoms with van der Waals surface area (Å²) in [6, 6.07) is 10.5. The molecular weight excluding hydrogens is 346 g/mol. The van der Waals surface area contributed by atoms with Crippen LogP contribution in [0.1, 0.15) is 53.0 Å². The molecule has 1 aromatic carbocycles. The average Bonchev–Trinajstić information content (AvgIpc) is 3.26. The molecule has 0 unspecified atom stereocenters. The zero-order valence-electron chi connectivity index (χ0n) is 16.2. The van der Waals surface area contributed by atoms with Crippen molar-refractivity contribution >= 4 is 17.7 Å². The molecule has 0 atom stereocenters. The number of benzene rings is 1. The summed E-state index contributed by atoms with van der Waals surface area (Å²) in [6.07, 6.45) is 8.68. The first kappa shape index (κ1) is 17.1. The molecule has 0 bridgehead atoms. The van der Waals surface area contributed by atoms with Gasteiger partial charge in [0.05, 0.1) is 11.4 Å². The number of hydrogen-bond acceptors (Lipinski definition) is 3. The molecule has 0 saturated carbocycles. The van der Waals surface area contributed by atoms with E-state index in [1.165, 1.54) is 11.1 Å². The number of carbonyl (C=O) groups is 1. The van der Waals surface area contributed by atoms with E-state index in [0.717, 1.165) is 53.0 Å². The molecule has 3 heterocycles. The molecule has 0 spiro atoms. The van der Waals surface area contributed by atoms with Crippen molar-refractivity contribution in [1.82, 2.24) is 9.97 Å². The highest BCUT2D eigenvalue weighted by molar-refractivity contribution is 6.02. The lowest BCUT2D eigenvalue weighted by Crippen LogP contribution is -2.27. The number of H-pyrrole nitrogens is 1. The van der Waals surface area contributed by atoms with Gasteiger partial charge in [-0.3, -0.25) is 14.8 Å². The van der Waals surface area contributed by atoms with Gasteiger partial charge in [-0.25, -0.2) is 0 Å². The van der Waals surface area contributed by atoms with Gasteiger partial charge in [0.2, 0.25) is 0 Å². The molecule has 0 fully saturated rings. The van der Waals surface area contributed by atoms with Gasteiger partial charge >= 0.3 is 0 Å². The number of aromatic amines is 1. The summed E-state index contributed by atoms with van der Waals surface area (Å²) < 4.78 is 0. The van der Waals surface area contributed by atoms with E-state index in [1.807, 2.05) is 18.3 Å². The molecule has 0 amide bonds. The maximum absolute atomic E-state index is 13.1. The van der Waals surface area contributed by atoms with Crippen LogP contribution in [0.2, 0.25) is 0 Å². The lowest BCUT2D eigenvalue weighted by Gasteiger charge is -2.28. The monoisotopic (exact) mass is 369 g/mol. The summed E-state index contributed by atoms with van der Waals surface area (Å²) >= 11 is 0. The third-order valence-electron chi connectivity index (χ3n) is 5.79. The average molecular weight is 369 g/mol. The Morgan fingerprint density at radius 2 is 1.93 bits per heavy atom. The third-order valence-corrected chi connectivity index (χ3v) is 5.79. The fourth-order valence-corrected chi connectivity index (χ4v) is 4.56. The highest BCUT2D eigenvalue weighted by Gasteiger charge is 2.35. The zero-order valence-corrected chi connectivity index (χ0v) is 16.2. The Bertz CT molecular complexity index is 1110. The van der Waals surface area contributed by atoms with Crippen molar-refractivity contribution in [3.05, 3.63) is 70.7 Å². The highest BCUT2D eigenvalue weighted by Crippen LogP contribution is 2.40. The largest absolute Gasteiger partial charge is 0.358 e. The lowest BCUT2D eigenvalue weighted by atomic mass is 9.75. The minimum absolute atomic E-state index is 0.00731. The van der Waals surface area contributed by atoms with Gasteiger partial charge in [-0.15, -0.1) is 0 Å². The number of nitrogens with zero attached hydrogens (tertiary/aromatic N) is 2. The number of aromatic nitrogens is 2. The molecule has 2 aromatic heterocycles. The number of rotatable bonds is 3. The van der Waals surface area contributed by atoms with E-state index in [9.17, 15) is 4.79 Å². The van der Waals surface area contributed by atoms with E-state index in [1.54, 1.807) is 12.4 Å². The number of ketones is 1. The summed E-state index contributed by atoms with van der Waals surface area (Å²) in [7, 11) is 0. The first-order valence-corrected chi connectivity index (χ1v) is 9.82. The number of hydrogen-bond donors (Lipinski definition) is 1. The Labute approximate surface area is 164 Å². The van der Waals surface area contributed by atoms with Crippen molar-refractivity contribution < 1.29 is 4.79 Å². The number of fused-ring (bicyclic) bond motifs is 2. The Hall–Kier alpha value is -3.01. The van der Waals surface area contributed by atoms with Gasteiger partial charge in [0.15, 0.2) is 5.78 Å². The van der Waals surface area contributed by atoms with Gasteiger partial charge in [-0.1, -0.05) is 26.0 Å². The maximum atomic E-state index is 13.1. The Morgan fingerprint density at radius 1 is 1.11 bits per heavy atom. The topological polar surface area (TPSA) is 58.1 Å². The second-order valence-electron chi connectivity index (χ2n) is 8.66. The van der Waals surface area contributed by atoms with E-state index in [2.05, 4.69) is 47.0 Å². The summed E-state index contributed by atoms with van der Waals surface area (Å²) in [5.41, 5.74) is 8.76. The van der Waals surface area contributed by atoms with Crippen LogP contribution in [0.5, 0.6) is 0 Å². The molecule has 2 aliphatic rings. The second-order valence-corrected chi connectivity index (χ2v) is 8.66. The Morgan fingerprint density at radius 3 is 2.75 bits per heavy atom. The minimum atomic E-state index is -0.00731. The Kier molecular flexibility index (Phi) is 3.83. The molecule has 0 saturated heterocycles. The van der Waals surface area contributed by atoms with E-state index in [-0.39, 0.29) is 11.2 Å². The van der Waals surface area contributed by atoms with E-state index in [4.69, 9.17) is 0 Å². The smallest absolute Gasteiger partial charge is 0.165 e. The summed E-state index contributed by atoms with van der Waals surface area (Å²) in [5, 5.41) is 0. The van der Waals surface area contributed by atoms with Crippen molar-refractivity contribution in [3.63, 3.8) is 0 Å². The molecule has 28 heavy (non-hydrogen) atoms. The van der Waals surface area contributed by atoms with Crippen LogP contribution in [0.25, 0.3) is 11.3 Å². The van der Waals surface area contributed by atoms with Crippen LogP contribution in [0, 0.1) is 5.41 Å². The molecule has 1 N–H and O–H groups in total. The molecule has 4 heteroatoms. The van der Waals surface area contributed by atoms with Crippen molar-refractivity contribution in [2.75, 3.05) is 0 Å². The predicted molar refractivity (Wildman–Crippen MR) is 112 cm³/mol. The SMILES string of the molecule is CC1(C)CC(=O)c2c([nH]c(-c3ccncc3)c2Cc2ccc3c(c2)CC=N3)C1. The van der Waals surface area contributed by atoms with E-state index < -0.39 is 0 Å². The maximum Gasteiger partial charge on any atom is 0.165 e. The van der Waals surface area contributed by atoms with Gasteiger partial charge in [-0.2, -0.15) is 0 Å². The number of Topliss-reactive ketones (excluding diaryl/α,β-unsaturated/α-hetero) is 1. The fraction of sp³-hybridized carbons (Fsp3) is 0.292. The number of aliphatic imine (C=N–C) groups is 1. The van der Waals surface area contributed by atoms with Crippen LogP contribution >= 0.6 is 0 Å². The lowest BCUT2D eigenvalue weighted by molar-refractivity contribution is 0.0911. The van der Waals surface area contributed by atoms with E-state index >= 15 is 0 Å². The first-order valence-electron chi connectivity index (χ1n) is 9.82. The van der Waals surface area contributed by atoms with Gasteiger partial charge < -0.3 is 4.98 Å². The summed E-state index contributed by atoms with van der Waals surface area (Å²) in [6.45, 7) is 4.34. The van der Waals surface area contributed by atoms with Crippen molar-refractivity contribution in [2.24, 2.45) is 10.4 Å². The van der Waals surface area contributed by atoms with Gasteiger partial charge in [-0.05, 0) is 46.7 Å². The van der Waals surface area contributed by atoms with Crippen molar-refractivity contribution in [1.29, 1.82) is 0 Å². The second kappa shape index (κ2) is 6.26. The standard InChI is InChI=1S/C24H23N3O/c1-24(2)13-20-22(21(28)14-24)18(23(27-20)16-5-8-25-9-6-16)12-15-3-4-19-17(11-15)7-10-26-19/h3-6,8-11,27H,7,12-14H2,1-2H3. The fourth-order valence-electron chi connectivity index (χ4n) is 4.56. The number of nitrogens with one attached hydrogen (secondary N) is 1. The first-order chi connectivity index (χ1) is 13.5. The van der Waals surface area contributed by atoms with Crippen molar-refractivity contribution in [2.45, 2.75) is 39.5 Å². The molecule has 1 aliphatic carbocycles. The van der Waals surface area contributed by atoms with Crippen LogP contribution < -0.4 is 0 Å². The number of carbonyl (C=O) groups excluding carboxylic acids is 1. The molecule has 0 radical (unpaired) electrons. The van der Waals surface area contributed by atoms with Crippen LogP contribution in [-0.4, -0.2) is 22.0 Å². The zero-order chi connectivity index (χ0) is 19.3. The molecule has 5 rings (SSSR count). The van der Waals surface area contributed by atoms with Gasteiger partial charge in [0, 0.05) is 54.7 Å². The molecule has 1 aliphatic heterocycles. The highest BCUT2D eigenvalue weighted by atomic mass is 16.1. The molecular formula is C24H23N3O. The number of pyridine rings is 1. The van der Waals surface area contributed by atoms with Gasteiger partial charge in [0.1, 0.15) is 0 Å². The normalized spacial score (nSPS) is 16.9. The quantitative estimate of drug-likeness (QED) is 0.700. The molecule has 140 valence electrons. The van der Waals surface area contributed by atoms with Crippen LogP contribution in [0.15, 0.2) is 47.7 Å². The van der Waals surface area contributed by atoms with Crippen LogP contribution in [0.4, 0.5) is 5.69 Å². The minimum Gasteiger partial charge on any atom is -0.358 e.